The number of hydrogen-bond donors (Lipinski definition) is 1. The molecule has 1 rings (SSSR count). The Bertz CT molecular complexity index is 110. The summed E-state index contributed by atoms with van der Waals surface area (Å²) in [5, 5.41) is 0. The molecule has 1 aliphatic rings. The first-order valence-corrected chi connectivity index (χ1v) is 2.70. The average molecular weight is 137 g/mol. The van der Waals surface area contributed by atoms with Crippen molar-refractivity contribution in [2.45, 2.75) is 18.4 Å². The Balaban J connectivity index is 2.75. The van der Waals surface area contributed by atoms with E-state index in [9.17, 15) is 8.78 Å². The second-order valence-corrected chi connectivity index (χ2v) is 2.61. The van der Waals surface area contributed by atoms with Crippen LogP contribution in [0.5, 0.6) is 0 Å². The van der Waals surface area contributed by atoms with Crippen molar-refractivity contribution in [3.05, 3.63) is 0 Å². The van der Waals surface area contributed by atoms with E-state index in [-0.39, 0.29) is 6.61 Å². The van der Waals surface area contributed by atoms with E-state index in [1.54, 1.807) is 0 Å². The standard InChI is InChI=1S/C5H9F2NO/c1-4(8)2-9-3-5(4,6)7/h2-3,8H2,1H3/t4-/m1/s1. The molecule has 2 N–H and O–H groups in total. The van der Waals surface area contributed by atoms with Crippen LogP contribution in [0.2, 0.25) is 0 Å². The van der Waals surface area contributed by atoms with Crippen LogP contribution in [0, 0.1) is 0 Å². The van der Waals surface area contributed by atoms with Crippen LogP contribution in [0.1, 0.15) is 6.92 Å². The molecule has 0 aromatic carbocycles. The van der Waals surface area contributed by atoms with E-state index in [0.29, 0.717) is 0 Å². The van der Waals surface area contributed by atoms with Gasteiger partial charge in [-0.3, -0.25) is 0 Å². The molecule has 1 atom stereocenters. The van der Waals surface area contributed by atoms with E-state index < -0.39 is 18.1 Å². The summed E-state index contributed by atoms with van der Waals surface area (Å²) in [5.74, 6) is -2.85. The van der Waals surface area contributed by atoms with Crippen LogP contribution in [0.25, 0.3) is 0 Å². The predicted molar refractivity (Wildman–Crippen MR) is 28.4 cm³/mol. The van der Waals surface area contributed by atoms with E-state index in [0.717, 1.165) is 0 Å². The molecule has 54 valence electrons. The molecule has 2 nitrogen and oxygen atoms in total. The first-order chi connectivity index (χ1) is 3.96. The van der Waals surface area contributed by atoms with Crippen molar-refractivity contribution in [2.75, 3.05) is 13.2 Å². The quantitative estimate of drug-likeness (QED) is 0.523. The van der Waals surface area contributed by atoms with Crippen molar-refractivity contribution in [3.8, 4) is 0 Å². The Hall–Kier alpha value is -0.220. The fourth-order valence-corrected chi connectivity index (χ4v) is 0.662. The predicted octanol–water partition coefficient (Wildman–Crippen LogP) is 0.369. The molecule has 0 bridgehead atoms. The van der Waals surface area contributed by atoms with Gasteiger partial charge in [-0.25, -0.2) is 8.78 Å². The zero-order valence-electron chi connectivity index (χ0n) is 5.16. The van der Waals surface area contributed by atoms with Crippen LogP contribution >= 0.6 is 0 Å². The summed E-state index contributed by atoms with van der Waals surface area (Å²) in [4.78, 5) is 0. The summed E-state index contributed by atoms with van der Waals surface area (Å²) in [5.41, 5.74) is 3.72. The van der Waals surface area contributed by atoms with Gasteiger partial charge in [0, 0.05) is 0 Å². The smallest absolute Gasteiger partial charge is 0.290 e. The first-order valence-electron chi connectivity index (χ1n) is 2.70. The first kappa shape index (κ1) is 6.89. The molecule has 0 aromatic heterocycles. The fraction of sp³-hybridized carbons (Fsp3) is 1.00. The summed E-state index contributed by atoms with van der Waals surface area (Å²) in [6.45, 7) is 0.694. The van der Waals surface area contributed by atoms with Crippen LogP contribution < -0.4 is 5.73 Å². The van der Waals surface area contributed by atoms with Gasteiger partial charge in [0.2, 0.25) is 0 Å². The molecule has 0 aliphatic carbocycles. The molecule has 1 heterocycles. The maximum absolute atomic E-state index is 12.5. The van der Waals surface area contributed by atoms with Gasteiger partial charge in [0.05, 0.1) is 6.61 Å². The van der Waals surface area contributed by atoms with E-state index in [1.165, 1.54) is 6.92 Å². The zero-order chi connectivity index (χ0) is 7.12. The van der Waals surface area contributed by atoms with Crippen LogP contribution in [0.15, 0.2) is 0 Å². The van der Waals surface area contributed by atoms with Gasteiger partial charge in [0.25, 0.3) is 5.92 Å². The topological polar surface area (TPSA) is 35.2 Å². The molecule has 4 heteroatoms. The minimum atomic E-state index is -2.85. The van der Waals surface area contributed by atoms with Crippen molar-refractivity contribution in [2.24, 2.45) is 5.73 Å². The lowest BCUT2D eigenvalue weighted by Crippen LogP contribution is -2.52. The summed E-state index contributed by atoms with van der Waals surface area (Å²) in [6.07, 6.45) is 0. The van der Waals surface area contributed by atoms with Crippen LogP contribution in [-0.2, 0) is 4.74 Å². The summed E-state index contributed by atoms with van der Waals surface area (Å²) in [6, 6.07) is 0. The Kier molecular flexibility index (Phi) is 1.25. The summed E-state index contributed by atoms with van der Waals surface area (Å²) < 4.78 is 29.4. The highest BCUT2D eigenvalue weighted by Crippen LogP contribution is 2.32. The SMILES string of the molecule is C[C@@]1(N)COCC1(F)F. The second kappa shape index (κ2) is 1.64. The van der Waals surface area contributed by atoms with Gasteiger partial charge < -0.3 is 10.5 Å². The van der Waals surface area contributed by atoms with Crippen LogP contribution in [0.4, 0.5) is 8.78 Å². The maximum Gasteiger partial charge on any atom is 0.290 e. The van der Waals surface area contributed by atoms with Crippen molar-refractivity contribution in [3.63, 3.8) is 0 Å². The number of alkyl halides is 2. The Labute approximate surface area is 52.0 Å². The molecule has 9 heavy (non-hydrogen) atoms. The summed E-state index contributed by atoms with van der Waals surface area (Å²) in [7, 11) is 0. The minimum absolute atomic E-state index is 0.0556. The highest BCUT2D eigenvalue weighted by molar-refractivity contribution is 4.98. The Morgan fingerprint density at radius 3 is 2.11 bits per heavy atom. The lowest BCUT2D eigenvalue weighted by Gasteiger charge is -2.22. The molecule has 0 amide bonds. The lowest BCUT2D eigenvalue weighted by atomic mass is 10.00. The fourth-order valence-electron chi connectivity index (χ4n) is 0.662. The second-order valence-electron chi connectivity index (χ2n) is 2.61. The van der Waals surface area contributed by atoms with E-state index >= 15 is 0 Å². The van der Waals surface area contributed by atoms with Gasteiger partial charge in [-0.15, -0.1) is 0 Å². The van der Waals surface area contributed by atoms with Gasteiger partial charge in [-0.05, 0) is 6.92 Å². The highest BCUT2D eigenvalue weighted by Gasteiger charge is 2.52. The van der Waals surface area contributed by atoms with Crippen molar-refractivity contribution in [1.29, 1.82) is 0 Å². The monoisotopic (exact) mass is 137 g/mol. The number of ether oxygens (including phenoxy) is 1. The molecule has 0 unspecified atom stereocenters. The number of halogens is 2. The molecule has 1 saturated heterocycles. The number of rotatable bonds is 0. The van der Waals surface area contributed by atoms with Crippen molar-refractivity contribution in [1.82, 2.24) is 0 Å². The van der Waals surface area contributed by atoms with Gasteiger partial charge in [-0.2, -0.15) is 0 Å². The molecule has 0 radical (unpaired) electrons. The van der Waals surface area contributed by atoms with Gasteiger partial charge in [0.1, 0.15) is 12.1 Å². The maximum atomic E-state index is 12.5. The third-order valence-corrected chi connectivity index (χ3v) is 1.52. The van der Waals surface area contributed by atoms with E-state index in [4.69, 9.17) is 5.73 Å². The van der Waals surface area contributed by atoms with Gasteiger partial charge in [-0.1, -0.05) is 0 Å². The van der Waals surface area contributed by atoms with Gasteiger partial charge in [0.15, 0.2) is 0 Å². The largest absolute Gasteiger partial charge is 0.373 e. The molecular weight excluding hydrogens is 128 g/mol. The van der Waals surface area contributed by atoms with Crippen LogP contribution in [0.3, 0.4) is 0 Å². The number of hydrogen-bond acceptors (Lipinski definition) is 2. The summed E-state index contributed by atoms with van der Waals surface area (Å²) >= 11 is 0. The average Bonchev–Trinajstić information content (AvgIpc) is 1.81. The van der Waals surface area contributed by atoms with Crippen molar-refractivity contribution >= 4 is 0 Å². The molecule has 1 aliphatic heterocycles. The molecule has 0 saturated carbocycles. The zero-order valence-corrected chi connectivity index (χ0v) is 5.16. The highest BCUT2D eigenvalue weighted by atomic mass is 19.3. The molecule has 1 fully saturated rings. The Morgan fingerprint density at radius 1 is 1.44 bits per heavy atom. The van der Waals surface area contributed by atoms with Crippen molar-refractivity contribution < 1.29 is 13.5 Å². The third kappa shape index (κ3) is 0.923. The van der Waals surface area contributed by atoms with E-state index in [2.05, 4.69) is 4.74 Å². The minimum Gasteiger partial charge on any atom is -0.373 e. The van der Waals surface area contributed by atoms with Crippen LogP contribution in [-0.4, -0.2) is 24.7 Å². The van der Waals surface area contributed by atoms with E-state index in [1.807, 2.05) is 0 Å². The lowest BCUT2D eigenvalue weighted by molar-refractivity contribution is -0.0428. The molecule has 0 aromatic rings. The molecule has 0 spiro atoms. The molecular formula is C5H9F2NO. The third-order valence-electron chi connectivity index (χ3n) is 1.52. The Morgan fingerprint density at radius 2 is 2.00 bits per heavy atom. The van der Waals surface area contributed by atoms with Gasteiger partial charge >= 0.3 is 0 Å². The number of nitrogens with two attached hydrogens (primary N) is 1. The normalized spacial score (nSPS) is 41.3.